The first-order valence-electron chi connectivity index (χ1n) is 6.55. The van der Waals surface area contributed by atoms with Crippen molar-refractivity contribution in [3.05, 3.63) is 67.2 Å². The zero-order chi connectivity index (χ0) is 14.5. The molecular formula is C16H16Cl2IN. The lowest BCUT2D eigenvalue weighted by Gasteiger charge is -2.20. The highest BCUT2D eigenvalue weighted by Gasteiger charge is 2.14. The first-order chi connectivity index (χ1) is 9.61. The molecule has 2 aromatic carbocycles. The van der Waals surface area contributed by atoms with Crippen LogP contribution in [0.15, 0.2) is 42.5 Å². The third kappa shape index (κ3) is 4.10. The first-order valence-corrected chi connectivity index (χ1v) is 8.39. The van der Waals surface area contributed by atoms with Gasteiger partial charge in [0, 0.05) is 3.57 Å². The van der Waals surface area contributed by atoms with Gasteiger partial charge < -0.3 is 5.32 Å². The summed E-state index contributed by atoms with van der Waals surface area (Å²) < 4.78 is 1.23. The summed E-state index contributed by atoms with van der Waals surface area (Å²) in [5.41, 5.74) is 2.37. The molecular weight excluding hydrogens is 404 g/mol. The predicted octanol–water partition coefficient (Wildman–Crippen LogP) is 5.69. The lowest BCUT2D eigenvalue weighted by molar-refractivity contribution is 0.598. The minimum Gasteiger partial charge on any atom is -0.306 e. The number of hydrogen-bond donors (Lipinski definition) is 1. The Morgan fingerprint density at radius 3 is 2.45 bits per heavy atom. The molecule has 0 aliphatic heterocycles. The molecule has 0 aliphatic carbocycles. The lowest BCUT2D eigenvalue weighted by atomic mass is 9.98. The van der Waals surface area contributed by atoms with E-state index in [1.165, 1.54) is 9.13 Å². The molecule has 0 bridgehead atoms. The summed E-state index contributed by atoms with van der Waals surface area (Å²) >= 11 is 14.5. The van der Waals surface area contributed by atoms with Crippen molar-refractivity contribution in [2.45, 2.75) is 19.4 Å². The maximum absolute atomic E-state index is 6.15. The molecule has 0 fully saturated rings. The van der Waals surface area contributed by atoms with Crippen LogP contribution in [0.3, 0.4) is 0 Å². The summed E-state index contributed by atoms with van der Waals surface area (Å²) in [5.74, 6) is 0. The van der Waals surface area contributed by atoms with E-state index in [-0.39, 0.29) is 6.04 Å². The molecule has 0 amide bonds. The molecule has 0 radical (unpaired) electrons. The third-order valence-corrected chi connectivity index (χ3v) is 4.47. The van der Waals surface area contributed by atoms with Crippen molar-refractivity contribution in [2.75, 3.05) is 6.54 Å². The molecule has 0 saturated heterocycles. The van der Waals surface area contributed by atoms with Crippen LogP contribution in [-0.4, -0.2) is 6.54 Å². The molecule has 1 unspecified atom stereocenters. The van der Waals surface area contributed by atoms with E-state index in [0.717, 1.165) is 18.5 Å². The van der Waals surface area contributed by atoms with E-state index in [9.17, 15) is 0 Å². The average molecular weight is 420 g/mol. The van der Waals surface area contributed by atoms with Crippen LogP contribution < -0.4 is 5.32 Å². The van der Waals surface area contributed by atoms with Gasteiger partial charge in [0.2, 0.25) is 0 Å². The van der Waals surface area contributed by atoms with Gasteiger partial charge in [0.05, 0.1) is 16.1 Å². The van der Waals surface area contributed by atoms with Crippen LogP contribution >= 0.6 is 45.8 Å². The molecule has 0 spiro atoms. The molecule has 0 aliphatic rings. The largest absolute Gasteiger partial charge is 0.306 e. The minimum atomic E-state index is 0.138. The van der Waals surface area contributed by atoms with Gasteiger partial charge in [-0.3, -0.25) is 0 Å². The zero-order valence-corrected chi connectivity index (χ0v) is 14.8. The standard InChI is InChI=1S/C16H16Cl2IN/c1-2-8-20-16(11-4-3-5-13(19)9-11)12-6-7-14(17)15(18)10-12/h3-7,9-10,16,20H,2,8H2,1H3. The van der Waals surface area contributed by atoms with Gasteiger partial charge in [-0.25, -0.2) is 0 Å². The second-order valence-corrected chi connectivity index (χ2v) is 6.68. The molecule has 20 heavy (non-hydrogen) atoms. The van der Waals surface area contributed by atoms with Crippen LogP contribution in [0, 0.1) is 3.57 Å². The fourth-order valence-corrected chi connectivity index (χ4v) is 2.97. The first kappa shape index (κ1) is 16.1. The quantitative estimate of drug-likeness (QED) is 0.614. The van der Waals surface area contributed by atoms with Gasteiger partial charge in [-0.05, 0) is 70.9 Å². The van der Waals surface area contributed by atoms with Crippen LogP contribution in [0.4, 0.5) is 0 Å². The minimum absolute atomic E-state index is 0.138. The lowest BCUT2D eigenvalue weighted by Crippen LogP contribution is -2.23. The Labute approximate surface area is 143 Å². The number of halogens is 3. The Morgan fingerprint density at radius 1 is 1.05 bits per heavy atom. The highest BCUT2D eigenvalue weighted by molar-refractivity contribution is 14.1. The molecule has 0 aromatic heterocycles. The Bertz CT molecular complexity index is 586. The molecule has 2 aromatic rings. The summed E-state index contributed by atoms with van der Waals surface area (Å²) in [6, 6.07) is 14.5. The average Bonchev–Trinajstić information content (AvgIpc) is 2.43. The SMILES string of the molecule is CCCNC(c1cccc(I)c1)c1ccc(Cl)c(Cl)c1. The van der Waals surface area contributed by atoms with E-state index < -0.39 is 0 Å². The summed E-state index contributed by atoms with van der Waals surface area (Å²) in [4.78, 5) is 0. The van der Waals surface area contributed by atoms with Crippen molar-refractivity contribution in [1.29, 1.82) is 0 Å². The van der Waals surface area contributed by atoms with Crippen LogP contribution in [-0.2, 0) is 0 Å². The number of hydrogen-bond acceptors (Lipinski definition) is 1. The Balaban J connectivity index is 2.38. The van der Waals surface area contributed by atoms with Gasteiger partial charge in [0.15, 0.2) is 0 Å². The van der Waals surface area contributed by atoms with Gasteiger partial charge in [-0.15, -0.1) is 0 Å². The maximum atomic E-state index is 6.15. The van der Waals surface area contributed by atoms with Gasteiger partial charge in [0.1, 0.15) is 0 Å². The van der Waals surface area contributed by atoms with E-state index in [1.807, 2.05) is 18.2 Å². The fraction of sp³-hybridized carbons (Fsp3) is 0.250. The molecule has 4 heteroatoms. The van der Waals surface area contributed by atoms with Crippen LogP contribution in [0.25, 0.3) is 0 Å². The van der Waals surface area contributed by atoms with E-state index in [4.69, 9.17) is 23.2 Å². The Kier molecular flexibility index (Phi) is 6.15. The molecule has 1 N–H and O–H groups in total. The van der Waals surface area contributed by atoms with Crippen molar-refractivity contribution < 1.29 is 0 Å². The monoisotopic (exact) mass is 419 g/mol. The van der Waals surface area contributed by atoms with Gasteiger partial charge >= 0.3 is 0 Å². The maximum Gasteiger partial charge on any atom is 0.0595 e. The number of rotatable bonds is 5. The van der Waals surface area contributed by atoms with Gasteiger partial charge in [-0.1, -0.05) is 48.3 Å². The molecule has 1 atom stereocenters. The molecule has 0 heterocycles. The highest BCUT2D eigenvalue weighted by atomic mass is 127. The topological polar surface area (TPSA) is 12.0 Å². The van der Waals surface area contributed by atoms with E-state index in [1.54, 1.807) is 0 Å². The van der Waals surface area contributed by atoms with Crippen molar-refractivity contribution in [3.8, 4) is 0 Å². The van der Waals surface area contributed by atoms with E-state index >= 15 is 0 Å². The van der Waals surface area contributed by atoms with Crippen LogP contribution in [0.1, 0.15) is 30.5 Å². The van der Waals surface area contributed by atoms with Crippen LogP contribution in [0.2, 0.25) is 10.0 Å². The normalized spacial score (nSPS) is 12.4. The van der Waals surface area contributed by atoms with Gasteiger partial charge in [0.25, 0.3) is 0 Å². The smallest absolute Gasteiger partial charge is 0.0595 e. The summed E-state index contributed by atoms with van der Waals surface area (Å²) in [7, 11) is 0. The third-order valence-electron chi connectivity index (χ3n) is 3.06. The second-order valence-electron chi connectivity index (χ2n) is 4.62. The zero-order valence-electron chi connectivity index (χ0n) is 11.2. The molecule has 2 rings (SSSR count). The number of nitrogens with one attached hydrogen (secondary N) is 1. The Hall–Kier alpha value is -0.290. The molecule has 0 saturated carbocycles. The summed E-state index contributed by atoms with van der Waals surface area (Å²) in [5, 5.41) is 4.76. The fourth-order valence-electron chi connectivity index (χ4n) is 2.09. The number of benzene rings is 2. The van der Waals surface area contributed by atoms with Crippen LogP contribution in [0.5, 0.6) is 0 Å². The van der Waals surface area contributed by atoms with E-state index in [0.29, 0.717) is 10.0 Å². The second kappa shape index (κ2) is 7.64. The molecule has 1 nitrogen and oxygen atoms in total. The van der Waals surface area contributed by atoms with Crippen molar-refractivity contribution in [2.24, 2.45) is 0 Å². The Morgan fingerprint density at radius 2 is 1.80 bits per heavy atom. The molecule has 106 valence electrons. The van der Waals surface area contributed by atoms with Gasteiger partial charge in [-0.2, -0.15) is 0 Å². The van der Waals surface area contributed by atoms with Crippen molar-refractivity contribution >= 4 is 45.8 Å². The summed E-state index contributed by atoms with van der Waals surface area (Å²) in [6.45, 7) is 3.12. The predicted molar refractivity (Wildman–Crippen MR) is 95.8 cm³/mol. The van der Waals surface area contributed by atoms with Crippen molar-refractivity contribution in [3.63, 3.8) is 0 Å². The van der Waals surface area contributed by atoms with Crippen molar-refractivity contribution in [1.82, 2.24) is 5.32 Å². The highest BCUT2D eigenvalue weighted by Crippen LogP contribution is 2.29. The van der Waals surface area contributed by atoms with E-state index in [2.05, 4.69) is 59.1 Å². The summed E-state index contributed by atoms with van der Waals surface area (Å²) in [6.07, 6.45) is 1.09.